The Morgan fingerprint density at radius 1 is 1.33 bits per heavy atom. The molecule has 2 aromatic rings. The molecule has 0 atom stereocenters. The Balaban J connectivity index is 1.51. The van der Waals surface area contributed by atoms with Gasteiger partial charge in [0.05, 0.1) is 5.02 Å². The first-order chi connectivity index (χ1) is 11.6. The van der Waals surface area contributed by atoms with Gasteiger partial charge < -0.3 is 5.32 Å². The van der Waals surface area contributed by atoms with Crippen LogP contribution in [-0.4, -0.2) is 33.9 Å². The number of likely N-dealkylation sites (tertiary alicyclic amines) is 1. The second-order valence-corrected chi connectivity index (χ2v) is 6.63. The lowest BCUT2D eigenvalue weighted by atomic mass is 9.95. The maximum Gasteiger partial charge on any atom is 0.228 e. The Hall–Kier alpha value is -1.98. The lowest BCUT2D eigenvalue weighted by molar-refractivity contribution is -0.121. The highest BCUT2D eigenvalue weighted by atomic mass is 35.5. The fourth-order valence-corrected chi connectivity index (χ4v) is 3.14. The Kier molecular flexibility index (Phi) is 5.43. The van der Waals surface area contributed by atoms with Crippen molar-refractivity contribution in [1.82, 2.24) is 14.9 Å². The van der Waals surface area contributed by atoms with Gasteiger partial charge in [-0.15, -0.1) is 0 Å². The molecule has 2 aromatic heterocycles. The number of carbonyl (C=O) groups is 1. The van der Waals surface area contributed by atoms with Gasteiger partial charge in [-0.25, -0.2) is 4.98 Å². The van der Waals surface area contributed by atoms with Crippen molar-refractivity contribution in [3.05, 3.63) is 52.9 Å². The number of hydrogen-bond donors (Lipinski definition) is 1. The molecule has 3 rings (SSSR count). The van der Waals surface area contributed by atoms with Gasteiger partial charge in [0.25, 0.3) is 0 Å². The number of amides is 1. The van der Waals surface area contributed by atoms with Crippen molar-refractivity contribution in [3.63, 3.8) is 0 Å². The third-order valence-electron chi connectivity index (χ3n) is 4.38. The van der Waals surface area contributed by atoms with E-state index in [2.05, 4.69) is 20.2 Å². The van der Waals surface area contributed by atoms with Gasteiger partial charge in [0.15, 0.2) is 0 Å². The van der Waals surface area contributed by atoms with Crippen molar-refractivity contribution < 1.29 is 4.79 Å². The Labute approximate surface area is 147 Å². The topological polar surface area (TPSA) is 58.1 Å². The highest BCUT2D eigenvalue weighted by Crippen LogP contribution is 2.22. The maximum absolute atomic E-state index is 12.4. The maximum atomic E-state index is 12.4. The number of aryl methyl sites for hydroxylation is 1. The zero-order valence-electron chi connectivity index (χ0n) is 13.7. The van der Waals surface area contributed by atoms with Crippen molar-refractivity contribution in [2.45, 2.75) is 26.3 Å². The van der Waals surface area contributed by atoms with Gasteiger partial charge in [0.2, 0.25) is 5.91 Å². The summed E-state index contributed by atoms with van der Waals surface area (Å²) in [5.41, 5.74) is 2.17. The lowest BCUT2D eigenvalue weighted by Gasteiger charge is -2.31. The largest absolute Gasteiger partial charge is 0.310 e. The number of nitrogens with one attached hydrogen (secondary N) is 1. The van der Waals surface area contributed by atoms with E-state index in [4.69, 9.17) is 11.6 Å². The van der Waals surface area contributed by atoms with Crippen LogP contribution in [0.25, 0.3) is 0 Å². The first-order valence-corrected chi connectivity index (χ1v) is 8.54. The number of hydrogen-bond acceptors (Lipinski definition) is 4. The third kappa shape index (κ3) is 4.30. The molecule has 1 amide bonds. The highest BCUT2D eigenvalue weighted by molar-refractivity contribution is 6.31. The van der Waals surface area contributed by atoms with E-state index >= 15 is 0 Å². The van der Waals surface area contributed by atoms with Gasteiger partial charge in [-0.05, 0) is 62.2 Å². The smallest absolute Gasteiger partial charge is 0.228 e. The predicted octanol–water partition coefficient (Wildman–Crippen LogP) is 3.29. The fourth-order valence-electron chi connectivity index (χ4n) is 2.96. The van der Waals surface area contributed by atoms with Crippen LogP contribution in [0.5, 0.6) is 0 Å². The summed E-state index contributed by atoms with van der Waals surface area (Å²) in [7, 11) is 0. The first kappa shape index (κ1) is 16.9. The molecule has 1 aliphatic rings. The van der Waals surface area contributed by atoms with Crippen LogP contribution in [0.1, 0.15) is 24.0 Å². The van der Waals surface area contributed by atoms with Crippen LogP contribution in [0.3, 0.4) is 0 Å². The molecule has 1 fully saturated rings. The summed E-state index contributed by atoms with van der Waals surface area (Å²) in [6, 6.07) is 5.75. The number of aromatic nitrogens is 2. The fraction of sp³-hybridized carbons (Fsp3) is 0.389. The number of piperidine rings is 1. The molecule has 1 aliphatic heterocycles. The lowest BCUT2D eigenvalue weighted by Crippen LogP contribution is -2.37. The van der Waals surface area contributed by atoms with Gasteiger partial charge in [-0.2, -0.15) is 0 Å². The molecule has 0 bridgehead atoms. The summed E-state index contributed by atoms with van der Waals surface area (Å²) in [6.07, 6.45) is 6.84. The van der Waals surface area contributed by atoms with Gasteiger partial charge in [0, 0.05) is 31.1 Å². The molecule has 0 unspecified atom stereocenters. The number of nitrogens with zero attached hydrogens (tertiary/aromatic N) is 3. The summed E-state index contributed by atoms with van der Waals surface area (Å²) >= 11 is 6.17. The zero-order chi connectivity index (χ0) is 16.9. The number of pyridine rings is 2. The van der Waals surface area contributed by atoms with Crippen molar-refractivity contribution in [3.8, 4) is 0 Å². The molecule has 0 radical (unpaired) electrons. The monoisotopic (exact) mass is 344 g/mol. The predicted molar refractivity (Wildman–Crippen MR) is 94.9 cm³/mol. The van der Waals surface area contributed by atoms with E-state index in [1.54, 1.807) is 18.6 Å². The summed E-state index contributed by atoms with van der Waals surface area (Å²) in [5, 5.41) is 3.63. The number of halogens is 1. The van der Waals surface area contributed by atoms with Crippen LogP contribution in [0, 0.1) is 12.8 Å². The van der Waals surface area contributed by atoms with Crippen LogP contribution in [0.15, 0.2) is 36.8 Å². The number of rotatable bonds is 4. The molecule has 3 heterocycles. The molecular formula is C18H21ClN4O. The van der Waals surface area contributed by atoms with Crippen LogP contribution >= 0.6 is 11.6 Å². The molecule has 0 aliphatic carbocycles. The van der Waals surface area contributed by atoms with Crippen molar-refractivity contribution >= 4 is 23.3 Å². The molecule has 0 saturated carbocycles. The highest BCUT2D eigenvalue weighted by Gasteiger charge is 2.25. The summed E-state index contributed by atoms with van der Waals surface area (Å²) in [6.45, 7) is 4.56. The van der Waals surface area contributed by atoms with E-state index in [9.17, 15) is 4.79 Å². The summed E-state index contributed by atoms with van der Waals surface area (Å²) in [4.78, 5) is 22.9. The Morgan fingerprint density at radius 3 is 2.83 bits per heavy atom. The molecule has 5 nitrogen and oxygen atoms in total. The summed E-state index contributed by atoms with van der Waals surface area (Å²) < 4.78 is 0. The minimum atomic E-state index is 0.0384. The quantitative estimate of drug-likeness (QED) is 0.924. The standard InChI is InChI=1S/C18H21ClN4O/c1-13-2-7-21-17(10-13)22-18(24)14-4-8-23(9-5-14)12-15-3-6-20-11-16(15)19/h2-3,6-7,10-11,14H,4-5,8-9,12H2,1H3,(H,21,22,24). The van der Waals surface area contributed by atoms with E-state index in [-0.39, 0.29) is 11.8 Å². The molecule has 1 N–H and O–H groups in total. The van der Waals surface area contributed by atoms with Crippen molar-refractivity contribution in [2.75, 3.05) is 18.4 Å². The van der Waals surface area contributed by atoms with Crippen molar-refractivity contribution in [2.24, 2.45) is 5.92 Å². The third-order valence-corrected chi connectivity index (χ3v) is 4.72. The van der Waals surface area contributed by atoms with E-state index < -0.39 is 0 Å². The van der Waals surface area contributed by atoms with E-state index in [0.29, 0.717) is 10.8 Å². The minimum absolute atomic E-state index is 0.0384. The van der Waals surface area contributed by atoms with Gasteiger partial charge in [-0.3, -0.25) is 14.7 Å². The van der Waals surface area contributed by atoms with Crippen LogP contribution in [0.4, 0.5) is 5.82 Å². The van der Waals surface area contributed by atoms with Gasteiger partial charge in [-0.1, -0.05) is 11.6 Å². The molecular weight excluding hydrogens is 324 g/mol. The van der Waals surface area contributed by atoms with E-state index in [1.807, 2.05) is 25.1 Å². The van der Waals surface area contributed by atoms with Gasteiger partial charge in [0.1, 0.15) is 5.82 Å². The summed E-state index contributed by atoms with van der Waals surface area (Å²) in [5.74, 6) is 0.733. The number of carbonyl (C=O) groups excluding carboxylic acids is 1. The minimum Gasteiger partial charge on any atom is -0.310 e. The molecule has 1 saturated heterocycles. The van der Waals surface area contributed by atoms with Gasteiger partial charge >= 0.3 is 0 Å². The Bertz CT molecular complexity index is 714. The van der Waals surface area contributed by atoms with E-state index in [1.165, 1.54) is 0 Å². The zero-order valence-corrected chi connectivity index (χ0v) is 14.5. The van der Waals surface area contributed by atoms with Crippen LogP contribution in [-0.2, 0) is 11.3 Å². The average Bonchev–Trinajstić information content (AvgIpc) is 2.57. The van der Waals surface area contributed by atoms with E-state index in [0.717, 1.165) is 43.6 Å². The molecule has 0 spiro atoms. The molecule has 24 heavy (non-hydrogen) atoms. The molecule has 6 heteroatoms. The second-order valence-electron chi connectivity index (χ2n) is 6.23. The average molecular weight is 345 g/mol. The SMILES string of the molecule is Cc1ccnc(NC(=O)C2CCN(Cc3ccncc3Cl)CC2)c1. The first-order valence-electron chi connectivity index (χ1n) is 8.16. The molecule has 0 aromatic carbocycles. The normalized spacial score (nSPS) is 16.1. The van der Waals surface area contributed by atoms with Crippen LogP contribution in [0.2, 0.25) is 5.02 Å². The molecule has 126 valence electrons. The second kappa shape index (κ2) is 7.73. The van der Waals surface area contributed by atoms with Crippen molar-refractivity contribution in [1.29, 1.82) is 0 Å². The Morgan fingerprint density at radius 2 is 2.12 bits per heavy atom. The van der Waals surface area contributed by atoms with Crippen LogP contribution < -0.4 is 5.32 Å². The number of anilines is 1.